The van der Waals surface area contributed by atoms with E-state index in [1.165, 1.54) is 0 Å². The maximum Gasteiger partial charge on any atom is 0.334 e. The number of urea groups is 1. The van der Waals surface area contributed by atoms with Crippen LogP contribution in [-0.4, -0.2) is 54.7 Å². The van der Waals surface area contributed by atoms with Gasteiger partial charge in [-0.05, 0) is 6.92 Å². The summed E-state index contributed by atoms with van der Waals surface area (Å²) < 4.78 is 0. The molecule has 0 aromatic rings. The van der Waals surface area contributed by atoms with Crippen LogP contribution >= 0.6 is 0 Å². The largest absolute Gasteiger partial charge is 0.334 e. The first-order valence-corrected chi connectivity index (χ1v) is 5.71. The van der Waals surface area contributed by atoms with Crippen molar-refractivity contribution in [1.82, 2.24) is 20.7 Å². The van der Waals surface area contributed by atoms with Crippen molar-refractivity contribution < 1.29 is 4.79 Å². The van der Waals surface area contributed by atoms with Gasteiger partial charge in [-0.25, -0.2) is 10.2 Å². The maximum absolute atomic E-state index is 11.7. The van der Waals surface area contributed by atoms with Crippen molar-refractivity contribution in [1.29, 1.82) is 0 Å². The molecule has 2 amide bonds. The highest BCUT2D eigenvalue weighted by Gasteiger charge is 2.37. The molecule has 2 unspecified atom stereocenters. The molecule has 2 aliphatic heterocycles. The highest BCUT2D eigenvalue weighted by Crippen LogP contribution is 2.14. The summed E-state index contributed by atoms with van der Waals surface area (Å²) in [6.07, 6.45) is 0. The third-order valence-corrected chi connectivity index (χ3v) is 2.79. The average molecular weight is 214 g/mol. The van der Waals surface area contributed by atoms with Gasteiger partial charge in [0.15, 0.2) is 0 Å². The van der Waals surface area contributed by atoms with Crippen molar-refractivity contribution in [3.05, 3.63) is 0 Å². The number of fused-ring (bicyclic) bond motifs is 1. The molecular formula is C10H22N4O. The Morgan fingerprint density at radius 2 is 2.07 bits per heavy atom. The van der Waals surface area contributed by atoms with E-state index in [9.17, 15) is 4.79 Å². The van der Waals surface area contributed by atoms with Crippen LogP contribution in [0.1, 0.15) is 20.8 Å². The number of carbonyl (C=O) groups is 1. The molecule has 0 aromatic carbocycles. The number of nitrogens with zero attached hydrogens (tertiary/aromatic N) is 2. The van der Waals surface area contributed by atoms with Crippen LogP contribution in [0, 0.1) is 0 Å². The number of amides is 2. The normalized spacial score (nSPS) is 30.5. The van der Waals surface area contributed by atoms with Gasteiger partial charge in [0.2, 0.25) is 0 Å². The molecule has 88 valence electrons. The second-order valence-corrected chi connectivity index (χ2v) is 3.72. The Balaban J connectivity index is 0.000000531. The topological polar surface area (TPSA) is 47.6 Å². The first kappa shape index (κ1) is 12.3. The van der Waals surface area contributed by atoms with Gasteiger partial charge in [-0.15, -0.1) is 0 Å². The fraction of sp³-hybridized carbons (Fsp3) is 0.900. The van der Waals surface area contributed by atoms with Crippen molar-refractivity contribution in [2.45, 2.75) is 32.9 Å². The second kappa shape index (κ2) is 5.32. The average Bonchev–Trinajstić information content (AvgIpc) is 2.29. The zero-order valence-electron chi connectivity index (χ0n) is 10.1. The number of hydrazine groups is 1. The Bertz CT molecular complexity index is 221. The zero-order chi connectivity index (χ0) is 11.4. The van der Waals surface area contributed by atoms with Crippen molar-refractivity contribution in [2.75, 3.05) is 26.7 Å². The highest BCUT2D eigenvalue weighted by molar-refractivity contribution is 5.75. The Labute approximate surface area is 91.8 Å². The fourth-order valence-corrected chi connectivity index (χ4v) is 2.05. The molecule has 0 saturated carbocycles. The van der Waals surface area contributed by atoms with Gasteiger partial charge in [0.25, 0.3) is 0 Å². The summed E-state index contributed by atoms with van der Waals surface area (Å²) in [7, 11) is 1.77. The second-order valence-electron chi connectivity index (χ2n) is 3.72. The van der Waals surface area contributed by atoms with Gasteiger partial charge >= 0.3 is 6.03 Å². The number of rotatable bonds is 0. The van der Waals surface area contributed by atoms with Crippen LogP contribution in [0.2, 0.25) is 0 Å². The summed E-state index contributed by atoms with van der Waals surface area (Å²) in [5.41, 5.74) is 3.13. The number of nitrogens with one attached hydrogen (secondary N) is 2. The molecule has 0 bridgehead atoms. The standard InChI is InChI=1S/C8H16N4O.C2H6/c1-6-7-5-9-3-4-12(7)8(13)11(2)10-6;1-2/h6-7,9-10H,3-5H2,1-2H3;1-2H3. The zero-order valence-corrected chi connectivity index (χ0v) is 10.1. The van der Waals surface area contributed by atoms with Crippen molar-refractivity contribution >= 4 is 6.03 Å². The lowest BCUT2D eigenvalue weighted by atomic mass is 10.1. The van der Waals surface area contributed by atoms with E-state index in [0.29, 0.717) is 12.1 Å². The van der Waals surface area contributed by atoms with Crippen LogP contribution in [0.3, 0.4) is 0 Å². The Hall–Kier alpha value is -0.810. The molecule has 5 heteroatoms. The highest BCUT2D eigenvalue weighted by atomic mass is 16.2. The van der Waals surface area contributed by atoms with Crippen LogP contribution in [-0.2, 0) is 0 Å². The molecule has 15 heavy (non-hydrogen) atoms. The van der Waals surface area contributed by atoms with Gasteiger partial charge < -0.3 is 10.2 Å². The van der Waals surface area contributed by atoms with E-state index in [4.69, 9.17) is 0 Å². The van der Waals surface area contributed by atoms with E-state index in [0.717, 1.165) is 19.6 Å². The number of hydrogen-bond donors (Lipinski definition) is 2. The first-order chi connectivity index (χ1) is 7.20. The Morgan fingerprint density at radius 3 is 2.73 bits per heavy atom. The fourth-order valence-electron chi connectivity index (χ4n) is 2.05. The van der Waals surface area contributed by atoms with E-state index in [-0.39, 0.29) is 6.03 Å². The number of piperazine rings is 1. The summed E-state index contributed by atoms with van der Waals surface area (Å²) in [6, 6.07) is 0.720. The van der Waals surface area contributed by atoms with Gasteiger partial charge in [0, 0.05) is 32.7 Å². The molecule has 0 radical (unpaired) electrons. The molecule has 2 aliphatic rings. The molecule has 2 fully saturated rings. The SMILES string of the molecule is CC.CC1NN(C)C(=O)N2CCNCC12. The van der Waals surface area contributed by atoms with Crippen LogP contribution in [0.4, 0.5) is 4.79 Å². The van der Waals surface area contributed by atoms with Crippen molar-refractivity contribution in [3.63, 3.8) is 0 Å². The molecule has 5 nitrogen and oxygen atoms in total. The molecule has 2 heterocycles. The molecule has 2 N–H and O–H groups in total. The van der Waals surface area contributed by atoms with E-state index in [1.54, 1.807) is 12.1 Å². The summed E-state index contributed by atoms with van der Waals surface area (Å²) in [4.78, 5) is 13.6. The van der Waals surface area contributed by atoms with Crippen molar-refractivity contribution in [3.8, 4) is 0 Å². The van der Waals surface area contributed by atoms with Gasteiger partial charge in [-0.1, -0.05) is 13.8 Å². The summed E-state index contributed by atoms with van der Waals surface area (Å²) >= 11 is 0. The quantitative estimate of drug-likeness (QED) is 0.607. The smallest absolute Gasteiger partial charge is 0.316 e. The van der Waals surface area contributed by atoms with Crippen LogP contribution in [0.15, 0.2) is 0 Å². The minimum atomic E-state index is 0.0876. The third-order valence-electron chi connectivity index (χ3n) is 2.79. The van der Waals surface area contributed by atoms with Gasteiger partial charge in [-0.2, -0.15) is 0 Å². The van der Waals surface area contributed by atoms with E-state index < -0.39 is 0 Å². The molecule has 0 spiro atoms. The predicted molar refractivity (Wildman–Crippen MR) is 60.5 cm³/mol. The minimum Gasteiger partial charge on any atom is -0.316 e. The van der Waals surface area contributed by atoms with Gasteiger partial charge in [0.1, 0.15) is 0 Å². The van der Waals surface area contributed by atoms with E-state index in [2.05, 4.69) is 17.7 Å². The Morgan fingerprint density at radius 1 is 1.40 bits per heavy atom. The van der Waals surface area contributed by atoms with Crippen LogP contribution < -0.4 is 10.7 Å². The molecule has 2 atom stereocenters. The third kappa shape index (κ3) is 2.41. The maximum atomic E-state index is 11.7. The van der Waals surface area contributed by atoms with E-state index in [1.807, 2.05) is 18.7 Å². The van der Waals surface area contributed by atoms with Crippen LogP contribution in [0.25, 0.3) is 0 Å². The summed E-state index contributed by atoms with van der Waals surface area (Å²) in [5.74, 6) is 0. The van der Waals surface area contributed by atoms with Crippen molar-refractivity contribution in [2.24, 2.45) is 0 Å². The van der Waals surface area contributed by atoms with Crippen LogP contribution in [0.5, 0.6) is 0 Å². The Kier molecular flexibility index (Phi) is 4.35. The number of carbonyl (C=O) groups excluding carboxylic acids is 1. The lowest BCUT2D eigenvalue weighted by Gasteiger charge is -2.46. The van der Waals surface area contributed by atoms with Gasteiger partial charge in [0.05, 0.1) is 6.04 Å². The first-order valence-electron chi connectivity index (χ1n) is 5.71. The molecule has 0 aliphatic carbocycles. The molecule has 0 aromatic heterocycles. The summed E-state index contributed by atoms with van der Waals surface area (Å²) in [5, 5.41) is 4.87. The predicted octanol–water partition coefficient (Wildman–Crippen LogP) is 0.245. The lowest BCUT2D eigenvalue weighted by molar-refractivity contribution is 0.0481. The van der Waals surface area contributed by atoms with Gasteiger partial charge in [-0.3, -0.25) is 5.01 Å². The minimum absolute atomic E-state index is 0.0876. The number of hydrogen-bond acceptors (Lipinski definition) is 3. The lowest BCUT2D eigenvalue weighted by Crippen LogP contribution is -2.70. The molecular weight excluding hydrogens is 192 g/mol. The molecule has 2 rings (SSSR count). The monoisotopic (exact) mass is 214 g/mol. The molecule has 2 saturated heterocycles. The van der Waals surface area contributed by atoms with E-state index >= 15 is 0 Å². The summed E-state index contributed by atoms with van der Waals surface area (Å²) in [6.45, 7) is 8.73.